The van der Waals surface area contributed by atoms with Gasteiger partial charge in [0.05, 0.1) is 23.5 Å². The van der Waals surface area contributed by atoms with E-state index >= 15 is 0 Å². The number of ether oxygens (including phenoxy) is 1. The molecule has 5 rings (SSSR count). The predicted molar refractivity (Wildman–Crippen MR) is 146 cm³/mol. The number of H-pyrrole nitrogens is 1. The van der Waals surface area contributed by atoms with Gasteiger partial charge in [-0.05, 0) is 41.7 Å². The topological polar surface area (TPSA) is 103 Å². The van der Waals surface area contributed by atoms with Crippen LogP contribution in [0.1, 0.15) is 35.9 Å². The molecule has 0 fully saturated rings. The van der Waals surface area contributed by atoms with E-state index in [1.807, 2.05) is 66.7 Å². The molecule has 0 aliphatic carbocycles. The lowest BCUT2D eigenvalue weighted by Gasteiger charge is -2.11. The van der Waals surface area contributed by atoms with Crippen molar-refractivity contribution >= 4 is 17.6 Å². The Labute approximate surface area is 223 Å². The van der Waals surface area contributed by atoms with E-state index in [4.69, 9.17) is 26.0 Å². The molecule has 8 nitrogen and oxygen atoms in total. The molecule has 0 radical (unpaired) electrons. The fraction of sp³-hybridized carbons (Fsp3) is 0.172. The Morgan fingerprint density at radius 1 is 1.00 bits per heavy atom. The first kappa shape index (κ1) is 25.2. The van der Waals surface area contributed by atoms with Gasteiger partial charge in [0.25, 0.3) is 0 Å². The van der Waals surface area contributed by atoms with Gasteiger partial charge in [0.2, 0.25) is 0 Å². The van der Waals surface area contributed by atoms with E-state index in [0.29, 0.717) is 34.2 Å². The highest BCUT2D eigenvalue weighted by Crippen LogP contribution is 2.36. The highest BCUT2D eigenvalue weighted by atomic mass is 35.5. The van der Waals surface area contributed by atoms with Gasteiger partial charge >= 0.3 is 11.7 Å². The molecule has 0 amide bonds. The molecular weight excluding hydrogens is 504 g/mol. The number of aromatic nitrogens is 4. The van der Waals surface area contributed by atoms with E-state index in [1.54, 1.807) is 10.7 Å². The zero-order chi connectivity index (χ0) is 26.6. The molecule has 0 saturated heterocycles. The summed E-state index contributed by atoms with van der Waals surface area (Å²) in [4.78, 5) is 27.2. The summed E-state index contributed by atoms with van der Waals surface area (Å²) >= 11 is 6.50. The number of hydrogen-bond acceptors (Lipinski definition) is 6. The normalized spacial score (nSPS) is 11.0. The number of carbonyl (C=O) groups excluding carboxylic acids is 1. The number of aromatic amines is 1. The number of aryl methyl sites for hydroxylation is 1. The predicted octanol–water partition coefficient (Wildman–Crippen LogP) is 6.33. The van der Waals surface area contributed by atoms with Crippen molar-refractivity contribution in [2.75, 3.05) is 7.11 Å². The molecule has 3 aromatic carbocycles. The number of benzene rings is 3. The van der Waals surface area contributed by atoms with Gasteiger partial charge in [-0.25, -0.2) is 14.3 Å². The molecule has 0 atom stereocenters. The van der Waals surface area contributed by atoms with Crippen LogP contribution in [-0.2, 0) is 11.2 Å². The van der Waals surface area contributed by atoms with Crippen LogP contribution in [0.5, 0.6) is 0 Å². The summed E-state index contributed by atoms with van der Waals surface area (Å²) in [6.45, 7) is 2.11. The Morgan fingerprint density at radius 3 is 2.34 bits per heavy atom. The summed E-state index contributed by atoms with van der Waals surface area (Å²) in [6, 6.07) is 22.7. The van der Waals surface area contributed by atoms with Crippen LogP contribution in [0.4, 0.5) is 0 Å². The number of nitrogens with one attached hydrogen (secondary N) is 1. The van der Waals surface area contributed by atoms with E-state index < -0.39 is 11.7 Å². The highest BCUT2D eigenvalue weighted by molar-refractivity contribution is 6.32. The maximum absolute atomic E-state index is 13.1. The monoisotopic (exact) mass is 528 g/mol. The smallest absolute Gasteiger partial charge is 0.439 e. The lowest BCUT2D eigenvalue weighted by molar-refractivity contribution is 0.0591. The van der Waals surface area contributed by atoms with Crippen molar-refractivity contribution in [2.45, 2.75) is 26.2 Å². The summed E-state index contributed by atoms with van der Waals surface area (Å²) < 4.78 is 11.5. The van der Waals surface area contributed by atoms with Gasteiger partial charge in [0.15, 0.2) is 11.5 Å². The maximum Gasteiger partial charge on any atom is 0.439 e. The van der Waals surface area contributed by atoms with Crippen molar-refractivity contribution in [2.24, 2.45) is 0 Å². The van der Waals surface area contributed by atoms with E-state index in [9.17, 15) is 9.59 Å². The summed E-state index contributed by atoms with van der Waals surface area (Å²) in [6.07, 6.45) is 2.58. The molecule has 2 heterocycles. The van der Waals surface area contributed by atoms with E-state index in [2.05, 4.69) is 17.1 Å². The van der Waals surface area contributed by atoms with Crippen LogP contribution in [0.3, 0.4) is 0 Å². The van der Waals surface area contributed by atoms with E-state index in [0.717, 1.165) is 40.8 Å². The molecule has 38 heavy (non-hydrogen) atoms. The van der Waals surface area contributed by atoms with Crippen molar-refractivity contribution in [3.05, 3.63) is 99.8 Å². The minimum atomic E-state index is -0.615. The molecule has 2 aromatic heterocycles. The van der Waals surface area contributed by atoms with Crippen LogP contribution < -0.4 is 5.76 Å². The quantitative estimate of drug-likeness (QED) is 0.236. The Hall–Kier alpha value is -4.43. The first-order valence-electron chi connectivity index (χ1n) is 12.2. The van der Waals surface area contributed by atoms with Crippen molar-refractivity contribution in [1.82, 2.24) is 19.9 Å². The van der Waals surface area contributed by atoms with E-state index in [1.165, 1.54) is 7.11 Å². The number of unbranched alkanes of at least 4 members (excludes halogenated alkanes) is 1. The van der Waals surface area contributed by atoms with Gasteiger partial charge in [-0.1, -0.05) is 90.8 Å². The summed E-state index contributed by atoms with van der Waals surface area (Å²) in [5.41, 5.74) is 5.76. The van der Waals surface area contributed by atoms with Crippen LogP contribution in [0.25, 0.3) is 39.3 Å². The van der Waals surface area contributed by atoms with Crippen molar-refractivity contribution < 1.29 is 14.1 Å². The number of nitrogens with zero attached hydrogens (tertiary/aromatic N) is 3. The van der Waals surface area contributed by atoms with Crippen LogP contribution >= 0.6 is 11.6 Å². The molecular formula is C29H25ClN4O4. The third-order valence-corrected chi connectivity index (χ3v) is 6.61. The van der Waals surface area contributed by atoms with Crippen molar-refractivity contribution in [3.63, 3.8) is 0 Å². The fourth-order valence-electron chi connectivity index (χ4n) is 4.47. The van der Waals surface area contributed by atoms with Gasteiger partial charge < -0.3 is 4.74 Å². The first-order valence-corrected chi connectivity index (χ1v) is 12.6. The highest BCUT2D eigenvalue weighted by Gasteiger charge is 2.27. The fourth-order valence-corrected chi connectivity index (χ4v) is 4.69. The summed E-state index contributed by atoms with van der Waals surface area (Å²) in [7, 11) is 1.36. The molecule has 0 aliphatic heterocycles. The summed E-state index contributed by atoms with van der Waals surface area (Å²) in [5.74, 6) is -0.763. The van der Waals surface area contributed by atoms with Gasteiger partial charge in [0.1, 0.15) is 0 Å². The average Bonchev–Trinajstić information content (AvgIpc) is 3.55. The summed E-state index contributed by atoms with van der Waals surface area (Å²) in [5, 5.41) is 9.16. The first-order chi connectivity index (χ1) is 18.5. The van der Waals surface area contributed by atoms with Gasteiger partial charge in [-0.2, -0.15) is 5.10 Å². The lowest BCUT2D eigenvalue weighted by atomic mass is 9.95. The lowest BCUT2D eigenvalue weighted by Crippen LogP contribution is -2.11. The maximum atomic E-state index is 13.1. The van der Waals surface area contributed by atoms with Crippen LogP contribution in [-0.4, -0.2) is 33.0 Å². The number of carbonyl (C=O) groups is 1. The number of hydrogen-bond donors (Lipinski definition) is 1. The van der Waals surface area contributed by atoms with Crippen molar-refractivity contribution in [1.29, 1.82) is 0 Å². The number of halogens is 1. The second-order valence-electron chi connectivity index (χ2n) is 8.70. The second kappa shape index (κ2) is 10.9. The standard InChI is InChI=1S/C29H25ClN4O4/c1-3-4-12-23-25(26(28(35)37-2)34(32-23)24-13-8-7-11-22(24)30)19-16-14-18(15-17-19)20-9-5-6-10-21(20)27-31-29(36)38-33-27/h5-11,13-17H,3-4,12H2,1-2H3,(H,31,33,36). The molecule has 9 heteroatoms. The number of methoxy groups -OCH3 is 1. The minimum absolute atomic E-state index is 0.319. The molecule has 1 N–H and O–H groups in total. The third-order valence-electron chi connectivity index (χ3n) is 6.29. The third kappa shape index (κ3) is 4.78. The van der Waals surface area contributed by atoms with Gasteiger partial charge in [-0.15, -0.1) is 0 Å². The number of esters is 1. The molecule has 0 spiro atoms. The molecule has 0 bridgehead atoms. The molecule has 192 valence electrons. The van der Waals surface area contributed by atoms with Crippen LogP contribution in [0.15, 0.2) is 82.1 Å². The minimum Gasteiger partial charge on any atom is -0.464 e. The zero-order valence-corrected chi connectivity index (χ0v) is 21.7. The second-order valence-corrected chi connectivity index (χ2v) is 9.10. The number of para-hydroxylation sites is 1. The Bertz CT molecular complexity index is 1650. The Kier molecular flexibility index (Phi) is 7.24. The van der Waals surface area contributed by atoms with Gasteiger partial charge in [0, 0.05) is 11.1 Å². The molecule has 5 aromatic rings. The van der Waals surface area contributed by atoms with E-state index in [-0.39, 0.29) is 0 Å². The molecule has 0 unspecified atom stereocenters. The van der Waals surface area contributed by atoms with Crippen LogP contribution in [0, 0.1) is 0 Å². The average molecular weight is 529 g/mol. The Balaban J connectivity index is 1.65. The number of rotatable bonds is 8. The SMILES string of the molecule is CCCCc1nn(-c2ccccc2Cl)c(C(=O)OC)c1-c1ccc(-c2ccccc2-c2noc(=O)[nH]2)cc1. The molecule has 0 aliphatic rings. The zero-order valence-electron chi connectivity index (χ0n) is 20.9. The van der Waals surface area contributed by atoms with Crippen LogP contribution in [0.2, 0.25) is 5.02 Å². The Morgan fingerprint density at radius 2 is 1.68 bits per heavy atom. The largest absolute Gasteiger partial charge is 0.464 e. The van der Waals surface area contributed by atoms with Crippen molar-refractivity contribution in [3.8, 4) is 39.3 Å². The molecule has 0 saturated carbocycles. The van der Waals surface area contributed by atoms with Gasteiger partial charge in [-0.3, -0.25) is 9.51 Å².